The summed E-state index contributed by atoms with van der Waals surface area (Å²) in [5, 5.41) is -0.198. The van der Waals surface area contributed by atoms with E-state index in [1.165, 1.54) is 19.3 Å². The van der Waals surface area contributed by atoms with Crippen LogP contribution in [0.3, 0.4) is 0 Å². The molecule has 0 N–H and O–H groups in total. The van der Waals surface area contributed by atoms with Crippen molar-refractivity contribution in [3.05, 3.63) is 0 Å². The van der Waals surface area contributed by atoms with E-state index in [9.17, 15) is 4.79 Å². The number of unbranched alkanes of at least 4 members (excludes halogenated alkanes) is 4. The third-order valence-corrected chi connectivity index (χ3v) is 1.67. The molecule has 0 radical (unpaired) electrons. The third kappa shape index (κ3) is 13.3. The zero-order valence-electron chi connectivity index (χ0n) is 6.94. The van der Waals surface area contributed by atoms with E-state index < -0.39 is 0 Å². The maximum absolute atomic E-state index is 10.2. The minimum Gasteiger partial charge on any atom is -0.281 e. The molecule has 0 aromatic carbocycles. The Hall–Kier alpha value is 0.250. The summed E-state index contributed by atoms with van der Waals surface area (Å²) in [7, 11) is 0. The minimum atomic E-state index is -0.198. The van der Waals surface area contributed by atoms with E-state index >= 15 is 0 Å². The van der Waals surface area contributed by atoms with Gasteiger partial charge >= 0.3 is 0 Å². The molecule has 0 bridgehead atoms. The molecule has 0 rings (SSSR count). The highest BCUT2D eigenvalue weighted by Crippen LogP contribution is 2.05. The molecule has 3 heteroatoms. The minimum absolute atomic E-state index is 0. The van der Waals surface area contributed by atoms with E-state index in [0.717, 1.165) is 12.8 Å². The lowest BCUT2D eigenvalue weighted by Crippen LogP contribution is -1.85. The van der Waals surface area contributed by atoms with E-state index in [0.29, 0.717) is 6.42 Å². The molecule has 0 saturated carbocycles. The Labute approximate surface area is 79.9 Å². The van der Waals surface area contributed by atoms with E-state index in [-0.39, 0.29) is 17.6 Å². The van der Waals surface area contributed by atoms with Crippen LogP contribution in [0.2, 0.25) is 0 Å². The second-order valence-corrected chi connectivity index (χ2v) is 2.94. The summed E-state index contributed by atoms with van der Waals surface area (Å²) in [6, 6.07) is 0. The number of halogens is 2. The molecule has 0 heterocycles. The summed E-state index contributed by atoms with van der Waals surface area (Å²) in [6.45, 7) is 2.17. The molecule has 0 amide bonds. The Bertz CT molecular complexity index is 94.1. The molecule has 11 heavy (non-hydrogen) atoms. The van der Waals surface area contributed by atoms with Gasteiger partial charge in [-0.25, -0.2) is 0 Å². The summed E-state index contributed by atoms with van der Waals surface area (Å²) in [5.74, 6) is 0. The van der Waals surface area contributed by atoms with Gasteiger partial charge in [0.15, 0.2) is 0 Å². The van der Waals surface area contributed by atoms with Gasteiger partial charge in [0.2, 0.25) is 5.24 Å². The van der Waals surface area contributed by atoms with Crippen LogP contribution in [-0.4, -0.2) is 5.24 Å². The van der Waals surface area contributed by atoms with Gasteiger partial charge < -0.3 is 0 Å². The fourth-order valence-electron chi connectivity index (χ4n) is 0.868. The number of hydrogen-bond acceptors (Lipinski definition) is 1. The van der Waals surface area contributed by atoms with Gasteiger partial charge in [-0.2, -0.15) is 0 Å². The van der Waals surface area contributed by atoms with E-state index in [2.05, 4.69) is 6.92 Å². The fourth-order valence-corrected chi connectivity index (χ4v) is 1.00. The Balaban J connectivity index is 0. The lowest BCUT2D eigenvalue weighted by molar-refractivity contribution is -0.111. The predicted octanol–water partition coefficient (Wildman–Crippen LogP) is 3.53. The summed E-state index contributed by atoms with van der Waals surface area (Å²) in [5.41, 5.74) is 0. The number of hydrogen-bond donors (Lipinski definition) is 0. The quantitative estimate of drug-likeness (QED) is 0.472. The number of rotatable bonds is 6. The molecule has 0 saturated heterocycles. The molecule has 0 spiro atoms. The van der Waals surface area contributed by atoms with Gasteiger partial charge in [0.25, 0.3) is 0 Å². The van der Waals surface area contributed by atoms with Gasteiger partial charge in [-0.15, -0.1) is 12.4 Å². The molecule has 0 aliphatic heterocycles. The van der Waals surface area contributed by atoms with Gasteiger partial charge in [0, 0.05) is 6.42 Å². The van der Waals surface area contributed by atoms with Crippen LogP contribution >= 0.6 is 24.0 Å². The van der Waals surface area contributed by atoms with Crippen LogP contribution in [0.25, 0.3) is 0 Å². The highest BCUT2D eigenvalue weighted by atomic mass is 35.5. The van der Waals surface area contributed by atoms with Crippen molar-refractivity contribution in [2.24, 2.45) is 0 Å². The summed E-state index contributed by atoms with van der Waals surface area (Å²) in [6.07, 6.45) is 6.41. The summed E-state index contributed by atoms with van der Waals surface area (Å²) in [4.78, 5) is 10.2. The molecule has 0 unspecified atom stereocenters. The maximum Gasteiger partial charge on any atom is 0.221 e. The van der Waals surface area contributed by atoms with Crippen molar-refractivity contribution >= 4 is 29.3 Å². The molecule has 0 aromatic rings. The van der Waals surface area contributed by atoms with Crippen molar-refractivity contribution in [1.29, 1.82) is 0 Å². The second kappa shape index (κ2) is 10.2. The standard InChI is InChI=1S/C8H15ClO.ClH/c1-2-3-4-5-6-7-8(9)10;/h2-7H2,1H3;1H. The Kier molecular flexibility index (Phi) is 12.9. The molecule has 0 aromatic heterocycles. The molecule has 68 valence electrons. The van der Waals surface area contributed by atoms with Crippen LogP contribution in [0.5, 0.6) is 0 Å². The Morgan fingerprint density at radius 1 is 1.18 bits per heavy atom. The largest absolute Gasteiger partial charge is 0.281 e. The van der Waals surface area contributed by atoms with Gasteiger partial charge in [0.05, 0.1) is 0 Å². The van der Waals surface area contributed by atoms with Gasteiger partial charge in [-0.3, -0.25) is 4.79 Å². The zero-order chi connectivity index (χ0) is 7.82. The van der Waals surface area contributed by atoms with Gasteiger partial charge in [-0.05, 0) is 18.0 Å². The van der Waals surface area contributed by atoms with Crippen molar-refractivity contribution < 1.29 is 4.79 Å². The van der Waals surface area contributed by atoms with Crippen LogP contribution in [0.15, 0.2) is 0 Å². The first-order valence-electron chi connectivity index (χ1n) is 3.95. The molecule has 1 nitrogen and oxygen atoms in total. The Morgan fingerprint density at radius 3 is 2.18 bits per heavy atom. The monoisotopic (exact) mass is 198 g/mol. The summed E-state index contributed by atoms with van der Waals surface area (Å²) < 4.78 is 0. The lowest BCUT2D eigenvalue weighted by Gasteiger charge is -1.95. The van der Waals surface area contributed by atoms with Crippen LogP contribution in [-0.2, 0) is 4.79 Å². The fraction of sp³-hybridized carbons (Fsp3) is 0.875. The first-order chi connectivity index (χ1) is 4.77. The lowest BCUT2D eigenvalue weighted by atomic mass is 10.1. The van der Waals surface area contributed by atoms with Crippen molar-refractivity contribution in [2.75, 3.05) is 0 Å². The van der Waals surface area contributed by atoms with Crippen LogP contribution in [0.4, 0.5) is 0 Å². The van der Waals surface area contributed by atoms with Crippen LogP contribution in [0, 0.1) is 0 Å². The smallest absolute Gasteiger partial charge is 0.221 e. The first kappa shape index (κ1) is 13.8. The van der Waals surface area contributed by atoms with E-state index in [1.807, 2.05) is 0 Å². The average molecular weight is 199 g/mol. The van der Waals surface area contributed by atoms with E-state index in [1.54, 1.807) is 0 Å². The molecule has 0 fully saturated rings. The highest BCUT2D eigenvalue weighted by Gasteiger charge is 1.94. The van der Waals surface area contributed by atoms with E-state index in [4.69, 9.17) is 11.6 Å². The normalized spacial score (nSPS) is 8.91. The average Bonchev–Trinajstić information content (AvgIpc) is 1.87. The first-order valence-corrected chi connectivity index (χ1v) is 4.33. The molecular weight excluding hydrogens is 183 g/mol. The van der Waals surface area contributed by atoms with Crippen LogP contribution in [0.1, 0.15) is 45.4 Å². The van der Waals surface area contributed by atoms with Crippen LogP contribution < -0.4 is 0 Å². The molecule has 0 aliphatic carbocycles. The van der Waals surface area contributed by atoms with Crippen molar-refractivity contribution in [2.45, 2.75) is 45.4 Å². The number of carbonyl (C=O) groups is 1. The second-order valence-electron chi connectivity index (χ2n) is 2.52. The topological polar surface area (TPSA) is 17.1 Å². The third-order valence-electron chi connectivity index (χ3n) is 1.48. The predicted molar refractivity (Wildman–Crippen MR) is 51.5 cm³/mol. The van der Waals surface area contributed by atoms with Crippen molar-refractivity contribution in [3.63, 3.8) is 0 Å². The molecule has 0 aliphatic rings. The zero-order valence-corrected chi connectivity index (χ0v) is 8.51. The maximum atomic E-state index is 10.2. The van der Waals surface area contributed by atoms with Crippen molar-refractivity contribution in [3.8, 4) is 0 Å². The molecular formula is C8H16Cl2O. The van der Waals surface area contributed by atoms with Gasteiger partial charge in [-0.1, -0.05) is 32.6 Å². The Morgan fingerprint density at radius 2 is 1.73 bits per heavy atom. The number of carbonyl (C=O) groups excluding carboxylic acids is 1. The van der Waals surface area contributed by atoms with Crippen molar-refractivity contribution in [1.82, 2.24) is 0 Å². The SMILES string of the molecule is CCCCCCCC(=O)Cl.Cl. The molecule has 0 atom stereocenters. The highest BCUT2D eigenvalue weighted by molar-refractivity contribution is 6.63. The van der Waals surface area contributed by atoms with Gasteiger partial charge in [0.1, 0.15) is 0 Å². The summed E-state index contributed by atoms with van der Waals surface area (Å²) >= 11 is 5.15.